The van der Waals surface area contributed by atoms with Gasteiger partial charge in [-0.2, -0.15) is 8.42 Å². The summed E-state index contributed by atoms with van der Waals surface area (Å²) < 4.78 is 30.9. The van der Waals surface area contributed by atoms with Crippen molar-refractivity contribution in [2.24, 2.45) is 0 Å². The zero-order chi connectivity index (χ0) is 12.0. The fraction of sp³-hybridized carbons (Fsp3) is 0.286. The third-order valence-electron chi connectivity index (χ3n) is 2.14. The number of nitrogens with zero attached hydrogens (tertiary/aromatic N) is 1. The monoisotopic (exact) mass is 229 g/mol. The molecule has 0 aliphatic rings. The van der Waals surface area contributed by atoms with Gasteiger partial charge >= 0.3 is 0 Å². The normalized spacial score (nSPS) is 11.7. The molecule has 0 fully saturated rings. The average molecular weight is 229 g/mol. The molecule has 1 rings (SSSR count). The van der Waals surface area contributed by atoms with E-state index >= 15 is 0 Å². The van der Waals surface area contributed by atoms with E-state index in [-0.39, 0.29) is 15.6 Å². The summed E-state index contributed by atoms with van der Waals surface area (Å²) in [6, 6.07) is 0. The van der Waals surface area contributed by atoms with Crippen LogP contribution in [-0.2, 0) is 10.1 Å². The third kappa shape index (κ3) is 1.77. The Morgan fingerprint density at radius 2 is 1.73 bits per heavy atom. The molecular formula is C7H8BNO5S. The molecule has 2 N–H and O–H groups in total. The van der Waals surface area contributed by atoms with Crippen LogP contribution in [0.1, 0.15) is 11.1 Å². The minimum atomic E-state index is -4.65. The topological polar surface area (TPSA) is 96.6 Å². The van der Waals surface area contributed by atoms with Gasteiger partial charge in [0.05, 0.1) is 0 Å². The molecule has 6 nitrogen and oxygen atoms in total. The van der Waals surface area contributed by atoms with Gasteiger partial charge in [0.25, 0.3) is 15.7 Å². The van der Waals surface area contributed by atoms with Crippen LogP contribution in [-0.4, -0.2) is 30.5 Å². The summed E-state index contributed by atoms with van der Waals surface area (Å²) in [4.78, 5) is 10.5. The van der Waals surface area contributed by atoms with E-state index in [4.69, 9.17) is 12.5 Å². The molecule has 1 aromatic rings. The Morgan fingerprint density at radius 1 is 1.27 bits per heavy atom. The summed E-state index contributed by atoms with van der Waals surface area (Å²) in [6.45, 7) is 2.67. The van der Waals surface area contributed by atoms with Gasteiger partial charge in [-0.15, -0.1) is 0 Å². The molecule has 0 saturated heterocycles. The van der Waals surface area contributed by atoms with E-state index < -0.39 is 26.5 Å². The van der Waals surface area contributed by atoms with Crippen molar-refractivity contribution in [3.05, 3.63) is 21.5 Å². The second-order valence-electron chi connectivity index (χ2n) is 3.05. The van der Waals surface area contributed by atoms with Crippen LogP contribution in [0.15, 0.2) is 9.69 Å². The summed E-state index contributed by atoms with van der Waals surface area (Å²) in [5.74, 6) is -0.537. The lowest BCUT2D eigenvalue weighted by Crippen LogP contribution is -2.27. The maximum Gasteiger partial charge on any atom is 0.300 e. The standard InChI is InChI=1S/C7H8BNO5S/c1-3-4(2)6(10)9(8)7(11)5(3)15(12,13)14/h10H,1-2H3,(H,12,13,14). The van der Waals surface area contributed by atoms with Crippen molar-refractivity contribution >= 4 is 18.1 Å². The molecule has 0 bridgehead atoms. The molecule has 15 heavy (non-hydrogen) atoms. The van der Waals surface area contributed by atoms with Crippen molar-refractivity contribution < 1.29 is 18.1 Å². The highest BCUT2D eigenvalue weighted by molar-refractivity contribution is 7.85. The number of aromatic nitrogens is 1. The molecule has 0 spiro atoms. The first-order valence-electron chi connectivity index (χ1n) is 3.85. The van der Waals surface area contributed by atoms with Gasteiger partial charge < -0.3 is 9.58 Å². The smallest absolute Gasteiger partial charge is 0.300 e. The fourth-order valence-corrected chi connectivity index (χ4v) is 2.05. The molecule has 8 heteroatoms. The van der Waals surface area contributed by atoms with Gasteiger partial charge in [0.2, 0.25) is 7.98 Å². The number of aromatic hydroxyl groups is 1. The van der Waals surface area contributed by atoms with Gasteiger partial charge in [-0.1, -0.05) is 0 Å². The molecule has 2 radical (unpaired) electrons. The van der Waals surface area contributed by atoms with Crippen LogP contribution in [0.3, 0.4) is 0 Å². The summed E-state index contributed by atoms with van der Waals surface area (Å²) in [5, 5.41) is 9.32. The van der Waals surface area contributed by atoms with E-state index in [0.29, 0.717) is 0 Å². The van der Waals surface area contributed by atoms with Crippen molar-refractivity contribution in [1.82, 2.24) is 4.48 Å². The number of pyridine rings is 1. The Kier molecular flexibility index (Phi) is 2.66. The second kappa shape index (κ2) is 3.39. The molecule has 1 heterocycles. The predicted molar refractivity (Wildman–Crippen MR) is 52.8 cm³/mol. The van der Waals surface area contributed by atoms with Gasteiger partial charge in [-0.05, 0) is 19.4 Å². The lowest BCUT2D eigenvalue weighted by Gasteiger charge is -2.11. The first kappa shape index (κ1) is 11.8. The van der Waals surface area contributed by atoms with Crippen LogP contribution in [0.25, 0.3) is 0 Å². The van der Waals surface area contributed by atoms with Crippen LogP contribution < -0.4 is 5.56 Å². The Labute approximate surface area is 87.3 Å². The summed E-state index contributed by atoms with van der Waals surface area (Å²) in [7, 11) is 0.477. The van der Waals surface area contributed by atoms with Crippen molar-refractivity contribution in [3.8, 4) is 5.88 Å². The second-order valence-corrected chi connectivity index (χ2v) is 4.41. The Bertz CT molecular complexity index is 574. The average Bonchev–Trinajstić information content (AvgIpc) is 2.09. The van der Waals surface area contributed by atoms with E-state index in [1.54, 1.807) is 0 Å². The van der Waals surface area contributed by atoms with Crippen LogP contribution >= 0.6 is 0 Å². The number of hydrogen-bond acceptors (Lipinski definition) is 4. The summed E-state index contributed by atoms with van der Waals surface area (Å²) >= 11 is 0. The van der Waals surface area contributed by atoms with E-state index in [2.05, 4.69) is 0 Å². The van der Waals surface area contributed by atoms with Gasteiger partial charge in [0.15, 0.2) is 10.8 Å². The van der Waals surface area contributed by atoms with E-state index in [1.807, 2.05) is 0 Å². The first-order valence-corrected chi connectivity index (χ1v) is 5.29. The van der Waals surface area contributed by atoms with Crippen LogP contribution in [0, 0.1) is 13.8 Å². The number of rotatable bonds is 1. The van der Waals surface area contributed by atoms with E-state index in [1.165, 1.54) is 13.8 Å². The molecule has 0 atom stereocenters. The quantitative estimate of drug-likeness (QED) is 0.492. The lowest BCUT2D eigenvalue weighted by atomic mass is 10.1. The Hall–Kier alpha value is -1.28. The van der Waals surface area contributed by atoms with Gasteiger partial charge in [0, 0.05) is 5.56 Å². The van der Waals surface area contributed by atoms with Crippen LogP contribution in [0.4, 0.5) is 0 Å². The fourth-order valence-electron chi connectivity index (χ4n) is 1.19. The highest BCUT2D eigenvalue weighted by Crippen LogP contribution is 2.21. The summed E-state index contributed by atoms with van der Waals surface area (Å²) in [6.07, 6.45) is 0. The molecule has 80 valence electrons. The first-order chi connectivity index (χ1) is 6.68. The van der Waals surface area contributed by atoms with Crippen LogP contribution in [0.5, 0.6) is 5.88 Å². The molecule has 0 amide bonds. The molecule has 0 unspecified atom stereocenters. The molecule has 0 aliphatic carbocycles. The number of hydrogen-bond donors (Lipinski definition) is 2. The van der Waals surface area contributed by atoms with Crippen molar-refractivity contribution in [2.75, 3.05) is 0 Å². The largest absolute Gasteiger partial charge is 0.495 e. The molecular weight excluding hydrogens is 221 g/mol. The van der Waals surface area contributed by atoms with Gasteiger partial charge in [-0.3, -0.25) is 9.35 Å². The Morgan fingerprint density at radius 3 is 2.13 bits per heavy atom. The highest BCUT2D eigenvalue weighted by atomic mass is 32.2. The highest BCUT2D eigenvalue weighted by Gasteiger charge is 2.23. The molecule has 0 saturated carbocycles. The van der Waals surface area contributed by atoms with Crippen LogP contribution in [0.2, 0.25) is 0 Å². The maximum absolute atomic E-state index is 11.3. The predicted octanol–water partition coefficient (Wildman–Crippen LogP) is -0.651. The van der Waals surface area contributed by atoms with Crippen molar-refractivity contribution in [2.45, 2.75) is 18.7 Å². The van der Waals surface area contributed by atoms with Gasteiger partial charge in [0.1, 0.15) is 0 Å². The van der Waals surface area contributed by atoms with Crippen molar-refractivity contribution in [1.29, 1.82) is 0 Å². The molecule has 1 aromatic heterocycles. The van der Waals surface area contributed by atoms with Gasteiger partial charge in [-0.25, -0.2) is 0 Å². The maximum atomic E-state index is 11.3. The SMILES string of the molecule is [B]n1c(O)c(C)c(C)c(S(=O)(=O)O)c1=O. The van der Waals surface area contributed by atoms with E-state index in [9.17, 15) is 18.3 Å². The molecule has 0 aromatic carbocycles. The molecule has 0 aliphatic heterocycles. The third-order valence-corrected chi connectivity index (χ3v) is 3.13. The zero-order valence-electron chi connectivity index (χ0n) is 8.05. The van der Waals surface area contributed by atoms with Crippen molar-refractivity contribution in [3.63, 3.8) is 0 Å². The van der Waals surface area contributed by atoms with E-state index in [0.717, 1.165) is 0 Å². The minimum Gasteiger partial charge on any atom is -0.495 e. The summed E-state index contributed by atoms with van der Waals surface area (Å²) in [5.41, 5.74) is -1.08. The minimum absolute atomic E-state index is 0.0262. The zero-order valence-corrected chi connectivity index (χ0v) is 8.87. The Balaban J connectivity index is 3.94. The lowest BCUT2D eigenvalue weighted by molar-refractivity contribution is 0.434.